The second kappa shape index (κ2) is 8.83. The molecule has 1 unspecified atom stereocenters. The van der Waals surface area contributed by atoms with Crippen molar-refractivity contribution in [3.05, 3.63) is 17.2 Å². The fourth-order valence-corrected chi connectivity index (χ4v) is 4.14. The zero-order chi connectivity index (χ0) is 21.2. The van der Waals surface area contributed by atoms with Crippen LogP contribution in [0.3, 0.4) is 0 Å². The summed E-state index contributed by atoms with van der Waals surface area (Å²) in [6.45, 7) is 9.01. The smallest absolute Gasteiger partial charge is 0.272 e. The average molecular weight is 406 g/mol. The van der Waals surface area contributed by atoms with Gasteiger partial charge in [0.05, 0.1) is 5.69 Å². The van der Waals surface area contributed by atoms with Gasteiger partial charge in [0, 0.05) is 26.7 Å². The van der Waals surface area contributed by atoms with Gasteiger partial charge >= 0.3 is 0 Å². The molecule has 1 saturated heterocycles. The number of nitrogens with one attached hydrogen (secondary N) is 2. The molecule has 3 heterocycles. The summed E-state index contributed by atoms with van der Waals surface area (Å²) in [6.07, 6.45) is 4.04. The highest BCUT2D eigenvalue weighted by Crippen LogP contribution is 2.31. The normalized spacial score (nSPS) is 21.8. The number of aromatic nitrogens is 2. The Kier molecular flexibility index (Phi) is 6.63. The minimum Gasteiger partial charge on any atom is -0.370 e. The third-order valence-electron chi connectivity index (χ3n) is 5.78. The van der Waals surface area contributed by atoms with Crippen LogP contribution in [0.25, 0.3) is 0 Å². The van der Waals surface area contributed by atoms with E-state index in [0.29, 0.717) is 12.2 Å². The lowest BCUT2D eigenvalue weighted by atomic mass is 9.86. The molecule has 0 bridgehead atoms. The molecule has 3 rings (SSSR count). The van der Waals surface area contributed by atoms with Crippen molar-refractivity contribution in [1.29, 1.82) is 0 Å². The molecule has 1 aromatic heterocycles. The van der Waals surface area contributed by atoms with E-state index in [0.717, 1.165) is 56.9 Å². The summed E-state index contributed by atoms with van der Waals surface area (Å²) in [6, 6.07) is -0.643. The molecule has 2 atom stereocenters. The van der Waals surface area contributed by atoms with Crippen LogP contribution in [0.2, 0.25) is 0 Å². The van der Waals surface area contributed by atoms with Crippen molar-refractivity contribution in [2.75, 3.05) is 27.2 Å². The summed E-state index contributed by atoms with van der Waals surface area (Å²) in [5.74, 6) is 0.353. The maximum Gasteiger partial charge on any atom is 0.272 e. The quantitative estimate of drug-likeness (QED) is 0.798. The molecule has 0 saturated carbocycles. The van der Waals surface area contributed by atoms with Gasteiger partial charge in [-0.25, -0.2) is 4.98 Å². The Morgan fingerprint density at radius 3 is 2.59 bits per heavy atom. The minimum absolute atomic E-state index is 0.0650. The summed E-state index contributed by atoms with van der Waals surface area (Å²) in [5.41, 5.74) is 0.913. The second-order valence-electron chi connectivity index (χ2n) is 9.25. The molecule has 8 heteroatoms. The Balaban J connectivity index is 1.96. The highest BCUT2D eigenvalue weighted by atomic mass is 16.5. The minimum atomic E-state index is -0.643. The van der Waals surface area contributed by atoms with Crippen molar-refractivity contribution in [2.24, 2.45) is 5.41 Å². The third kappa shape index (κ3) is 4.80. The summed E-state index contributed by atoms with van der Waals surface area (Å²) >= 11 is 0. The van der Waals surface area contributed by atoms with Crippen LogP contribution in [0.5, 0.6) is 0 Å². The van der Waals surface area contributed by atoms with Gasteiger partial charge in [-0.3, -0.25) is 9.59 Å². The zero-order valence-corrected chi connectivity index (χ0v) is 18.4. The predicted molar refractivity (Wildman–Crippen MR) is 110 cm³/mol. The van der Waals surface area contributed by atoms with Crippen LogP contribution < -0.4 is 10.6 Å². The molecular weight excluding hydrogens is 370 g/mol. The van der Waals surface area contributed by atoms with E-state index in [1.165, 1.54) is 0 Å². The highest BCUT2D eigenvalue weighted by Gasteiger charge is 2.35. The van der Waals surface area contributed by atoms with Crippen molar-refractivity contribution in [1.82, 2.24) is 25.1 Å². The van der Waals surface area contributed by atoms with E-state index in [1.807, 2.05) is 20.8 Å². The van der Waals surface area contributed by atoms with Crippen LogP contribution in [0, 0.1) is 5.41 Å². The topological polar surface area (TPSA) is 88.5 Å². The lowest BCUT2D eigenvalue weighted by molar-refractivity contribution is -0.124. The molecule has 1 aromatic rings. The highest BCUT2D eigenvalue weighted by molar-refractivity contribution is 5.97. The number of fused-ring (bicyclic) bond motifs is 1. The molecule has 0 radical (unpaired) electrons. The van der Waals surface area contributed by atoms with Gasteiger partial charge < -0.3 is 24.8 Å². The first-order chi connectivity index (χ1) is 13.7. The van der Waals surface area contributed by atoms with Gasteiger partial charge in [-0.2, -0.15) is 0 Å². The van der Waals surface area contributed by atoms with E-state index >= 15 is 0 Å². The average Bonchev–Trinajstić information content (AvgIpc) is 2.92. The Hall–Kier alpha value is -1.93. The molecule has 0 aromatic carbocycles. The number of nitrogens with zero attached hydrogens (tertiary/aromatic N) is 3. The number of amides is 2. The first kappa shape index (κ1) is 21.8. The molecular formula is C21H35N5O3. The van der Waals surface area contributed by atoms with Crippen molar-refractivity contribution < 1.29 is 14.3 Å². The number of ether oxygens (including phenoxy) is 1. The maximum atomic E-state index is 13.3. The third-order valence-corrected chi connectivity index (χ3v) is 5.78. The van der Waals surface area contributed by atoms with Crippen LogP contribution in [-0.2, 0) is 22.6 Å². The molecule has 1 fully saturated rings. The van der Waals surface area contributed by atoms with E-state index in [4.69, 9.17) is 9.72 Å². The van der Waals surface area contributed by atoms with E-state index in [2.05, 4.69) is 27.1 Å². The van der Waals surface area contributed by atoms with Gasteiger partial charge in [0.25, 0.3) is 5.91 Å². The molecule has 2 N–H and O–H groups in total. The fourth-order valence-electron chi connectivity index (χ4n) is 4.14. The number of carbonyl (C=O) groups is 2. The second-order valence-corrected chi connectivity index (χ2v) is 9.25. The van der Waals surface area contributed by atoms with Crippen molar-refractivity contribution in [3.63, 3.8) is 0 Å². The SMILES string of the molecule is CNC(=O)[C@@H](NC(=O)c1nc(C2CCCCO2)n2c1CN(C)CCC2)C(C)(C)C. The van der Waals surface area contributed by atoms with Crippen molar-refractivity contribution in [3.8, 4) is 0 Å². The Bertz CT molecular complexity index is 746. The number of likely N-dealkylation sites (N-methyl/N-ethyl adjacent to an activating group) is 1. The van der Waals surface area contributed by atoms with Gasteiger partial charge in [0.15, 0.2) is 5.69 Å². The number of imidazole rings is 1. The number of rotatable bonds is 4. The van der Waals surface area contributed by atoms with E-state index in [-0.39, 0.29) is 17.9 Å². The molecule has 8 nitrogen and oxygen atoms in total. The summed E-state index contributed by atoms with van der Waals surface area (Å²) in [7, 11) is 3.65. The van der Waals surface area contributed by atoms with Crippen molar-refractivity contribution in [2.45, 2.75) is 71.7 Å². The Morgan fingerprint density at radius 2 is 1.97 bits per heavy atom. The first-order valence-electron chi connectivity index (χ1n) is 10.6. The molecule has 162 valence electrons. The molecule has 29 heavy (non-hydrogen) atoms. The maximum absolute atomic E-state index is 13.3. The standard InChI is InChI=1S/C21H35N5O3/c1-21(2,3)17(20(28)22-4)24-19(27)16-14-13-25(5)10-8-11-26(14)18(23-16)15-9-6-7-12-29-15/h15,17H,6-13H2,1-5H3,(H,22,28)(H,24,27)/t15?,17-/m1/s1. The number of hydrogen-bond acceptors (Lipinski definition) is 5. The van der Waals surface area contributed by atoms with E-state index in [9.17, 15) is 9.59 Å². The molecule has 0 aliphatic carbocycles. The Morgan fingerprint density at radius 1 is 1.21 bits per heavy atom. The predicted octanol–water partition coefficient (Wildman–Crippen LogP) is 1.85. The first-order valence-corrected chi connectivity index (χ1v) is 10.6. The van der Waals surface area contributed by atoms with Crippen molar-refractivity contribution >= 4 is 11.8 Å². The molecule has 0 spiro atoms. The van der Waals surface area contributed by atoms with Gasteiger partial charge in [-0.05, 0) is 44.7 Å². The van der Waals surface area contributed by atoms with Crippen LogP contribution in [0.1, 0.15) is 74.6 Å². The monoisotopic (exact) mass is 405 g/mol. The summed E-state index contributed by atoms with van der Waals surface area (Å²) in [5, 5.41) is 5.60. The van der Waals surface area contributed by atoms with Gasteiger partial charge in [-0.15, -0.1) is 0 Å². The van der Waals surface area contributed by atoms with Gasteiger partial charge in [-0.1, -0.05) is 20.8 Å². The van der Waals surface area contributed by atoms with Crippen LogP contribution in [0.4, 0.5) is 0 Å². The summed E-state index contributed by atoms with van der Waals surface area (Å²) < 4.78 is 8.17. The van der Waals surface area contributed by atoms with Crippen LogP contribution in [0.15, 0.2) is 0 Å². The molecule has 2 aliphatic rings. The van der Waals surface area contributed by atoms with E-state index < -0.39 is 11.5 Å². The lowest BCUT2D eigenvalue weighted by Gasteiger charge is -2.29. The number of carbonyl (C=O) groups excluding carboxylic acids is 2. The lowest BCUT2D eigenvalue weighted by Crippen LogP contribution is -2.53. The van der Waals surface area contributed by atoms with E-state index in [1.54, 1.807) is 7.05 Å². The number of hydrogen-bond donors (Lipinski definition) is 2. The van der Waals surface area contributed by atoms with Crippen LogP contribution in [-0.4, -0.2) is 59.6 Å². The Labute approximate surface area is 173 Å². The van der Waals surface area contributed by atoms with Gasteiger partial charge in [0.2, 0.25) is 5.91 Å². The molecule has 2 aliphatic heterocycles. The largest absolute Gasteiger partial charge is 0.370 e. The zero-order valence-electron chi connectivity index (χ0n) is 18.4. The van der Waals surface area contributed by atoms with Gasteiger partial charge in [0.1, 0.15) is 18.0 Å². The van der Waals surface area contributed by atoms with Crippen LogP contribution >= 0.6 is 0 Å². The molecule has 2 amide bonds. The fraction of sp³-hybridized carbons (Fsp3) is 0.762. The summed E-state index contributed by atoms with van der Waals surface area (Å²) in [4.78, 5) is 32.7.